The van der Waals surface area contributed by atoms with Gasteiger partial charge in [-0.3, -0.25) is 4.79 Å². The Labute approximate surface area is 184 Å². The molecule has 0 aliphatic carbocycles. The van der Waals surface area contributed by atoms with Gasteiger partial charge in [0.1, 0.15) is 24.6 Å². The second-order valence-electron chi connectivity index (χ2n) is 7.28. The number of alkyl carbamates (subject to hydrolysis) is 1. The summed E-state index contributed by atoms with van der Waals surface area (Å²) in [5.74, 6) is -0.370. The van der Waals surface area contributed by atoms with E-state index in [9.17, 15) is 14.4 Å². The molecule has 4 rings (SSSR count). The molecular weight excluding hydrogens is 416 g/mol. The van der Waals surface area contributed by atoms with Gasteiger partial charge < -0.3 is 19.7 Å². The number of amides is 2. The molecule has 3 atom stereocenters. The predicted molar refractivity (Wildman–Crippen MR) is 116 cm³/mol. The van der Waals surface area contributed by atoms with Crippen molar-refractivity contribution in [3.05, 3.63) is 83.9 Å². The van der Waals surface area contributed by atoms with Crippen LogP contribution >= 0.6 is 11.8 Å². The van der Waals surface area contributed by atoms with Gasteiger partial charge in [0.25, 0.3) is 0 Å². The second-order valence-corrected chi connectivity index (χ2v) is 8.39. The molecule has 0 aromatic heterocycles. The maximum atomic E-state index is 12.7. The number of ether oxygens (including phenoxy) is 2. The number of β-lactam (4-membered cyclic amide) rings is 1. The molecule has 1 N–H and O–H groups in total. The lowest BCUT2D eigenvalue weighted by Crippen LogP contribution is -2.74. The van der Waals surface area contributed by atoms with Gasteiger partial charge in [-0.15, -0.1) is 11.8 Å². The first-order valence-electron chi connectivity index (χ1n) is 9.84. The van der Waals surface area contributed by atoms with Gasteiger partial charge >= 0.3 is 12.1 Å². The van der Waals surface area contributed by atoms with E-state index in [0.29, 0.717) is 11.3 Å². The lowest BCUT2D eigenvalue weighted by Gasteiger charge is -2.52. The zero-order valence-corrected chi connectivity index (χ0v) is 17.5. The van der Waals surface area contributed by atoms with E-state index in [1.807, 2.05) is 60.7 Å². The average Bonchev–Trinajstić information content (AvgIpc) is 2.80. The second kappa shape index (κ2) is 9.26. The molecule has 0 spiro atoms. The number of hydrogen-bond donors (Lipinski definition) is 1. The van der Waals surface area contributed by atoms with Gasteiger partial charge in [-0.1, -0.05) is 67.2 Å². The predicted octanol–water partition coefficient (Wildman–Crippen LogP) is 2.86. The SMILES string of the molecule is C=C1CS[C@@H]2C(NC(=O)OCc3ccccc3)C(=O)N2C1C(=O)OCc1ccccc1. The van der Waals surface area contributed by atoms with Crippen molar-refractivity contribution in [2.24, 2.45) is 0 Å². The summed E-state index contributed by atoms with van der Waals surface area (Å²) in [6.07, 6.45) is -0.671. The van der Waals surface area contributed by atoms with E-state index in [1.54, 1.807) is 0 Å². The molecule has 2 aliphatic rings. The van der Waals surface area contributed by atoms with Crippen LogP contribution in [0.15, 0.2) is 72.8 Å². The fraction of sp³-hybridized carbons (Fsp3) is 0.261. The molecule has 2 aliphatic heterocycles. The van der Waals surface area contributed by atoms with E-state index in [1.165, 1.54) is 16.7 Å². The minimum Gasteiger partial charge on any atom is -0.459 e. The summed E-state index contributed by atoms with van der Waals surface area (Å²) in [4.78, 5) is 39.0. The summed E-state index contributed by atoms with van der Waals surface area (Å²) in [5.41, 5.74) is 2.32. The average molecular weight is 439 g/mol. The van der Waals surface area contributed by atoms with Crippen molar-refractivity contribution in [1.82, 2.24) is 10.2 Å². The smallest absolute Gasteiger partial charge is 0.408 e. The number of benzene rings is 2. The summed E-state index contributed by atoms with van der Waals surface area (Å²) in [5, 5.41) is 2.25. The molecule has 2 aromatic rings. The van der Waals surface area contributed by atoms with Crippen molar-refractivity contribution in [3.8, 4) is 0 Å². The lowest BCUT2D eigenvalue weighted by molar-refractivity contribution is -0.163. The van der Waals surface area contributed by atoms with Crippen LogP contribution < -0.4 is 5.32 Å². The highest BCUT2D eigenvalue weighted by atomic mass is 32.2. The number of nitrogens with zero attached hydrogens (tertiary/aromatic N) is 1. The molecule has 160 valence electrons. The van der Waals surface area contributed by atoms with Crippen LogP contribution in [-0.4, -0.2) is 46.1 Å². The summed E-state index contributed by atoms with van der Waals surface area (Å²) in [6.45, 7) is 4.18. The van der Waals surface area contributed by atoms with E-state index >= 15 is 0 Å². The standard InChI is InChI=1S/C23H22N2O5S/c1-15-14-31-21-18(24-23(28)30-13-17-10-6-3-7-11-17)20(26)25(21)19(15)22(27)29-12-16-8-4-2-5-9-16/h2-11,18-19,21H,1,12-14H2,(H,24,28)/t18?,19?,21-/m1/s1. The van der Waals surface area contributed by atoms with Crippen LogP contribution in [-0.2, 0) is 32.3 Å². The number of rotatable bonds is 6. The monoisotopic (exact) mass is 438 g/mol. The molecule has 2 heterocycles. The highest BCUT2D eigenvalue weighted by Gasteiger charge is 2.56. The van der Waals surface area contributed by atoms with E-state index in [-0.39, 0.29) is 24.5 Å². The molecule has 2 aromatic carbocycles. The van der Waals surface area contributed by atoms with Crippen molar-refractivity contribution < 1.29 is 23.9 Å². The third-order valence-corrected chi connectivity index (χ3v) is 6.50. The van der Waals surface area contributed by atoms with Crippen molar-refractivity contribution in [2.45, 2.75) is 30.7 Å². The largest absolute Gasteiger partial charge is 0.459 e. The molecular formula is C23H22N2O5S. The van der Waals surface area contributed by atoms with Crippen LogP contribution in [0.5, 0.6) is 0 Å². The summed E-state index contributed by atoms with van der Waals surface area (Å²) in [6, 6.07) is 17.0. The molecule has 2 saturated heterocycles. The number of nitrogens with one attached hydrogen (secondary N) is 1. The van der Waals surface area contributed by atoms with E-state index in [4.69, 9.17) is 9.47 Å². The number of fused-ring (bicyclic) bond motifs is 1. The van der Waals surface area contributed by atoms with E-state index in [0.717, 1.165) is 11.1 Å². The number of thioether (sulfide) groups is 1. The van der Waals surface area contributed by atoms with Crippen molar-refractivity contribution in [1.29, 1.82) is 0 Å². The zero-order chi connectivity index (χ0) is 21.8. The fourth-order valence-corrected chi connectivity index (χ4v) is 4.82. The van der Waals surface area contributed by atoms with Crippen LogP contribution in [0.3, 0.4) is 0 Å². The van der Waals surface area contributed by atoms with Gasteiger partial charge in [-0.25, -0.2) is 9.59 Å². The molecule has 2 unspecified atom stereocenters. The van der Waals surface area contributed by atoms with Gasteiger partial charge in [0.2, 0.25) is 5.91 Å². The topological polar surface area (TPSA) is 84.9 Å². The van der Waals surface area contributed by atoms with Crippen LogP contribution in [0, 0.1) is 0 Å². The normalized spacial score (nSPS) is 22.2. The Morgan fingerprint density at radius 1 is 1.00 bits per heavy atom. The highest BCUT2D eigenvalue weighted by molar-refractivity contribution is 8.00. The first kappa shape index (κ1) is 21.0. The number of esters is 1. The summed E-state index contributed by atoms with van der Waals surface area (Å²) >= 11 is 1.45. The van der Waals surface area contributed by atoms with Crippen LogP contribution in [0.1, 0.15) is 11.1 Å². The number of carbonyl (C=O) groups is 3. The van der Waals surface area contributed by atoms with Crippen molar-refractivity contribution in [2.75, 3.05) is 5.75 Å². The molecule has 0 bridgehead atoms. The van der Waals surface area contributed by atoms with E-state index < -0.39 is 24.1 Å². The van der Waals surface area contributed by atoms with Gasteiger partial charge in [0, 0.05) is 5.75 Å². The van der Waals surface area contributed by atoms with Gasteiger partial charge in [-0.2, -0.15) is 0 Å². The molecule has 31 heavy (non-hydrogen) atoms. The first-order chi connectivity index (χ1) is 15.0. The van der Waals surface area contributed by atoms with Gasteiger partial charge in [0.15, 0.2) is 6.04 Å². The Bertz CT molecular complexity index is 982. The minimum absolute atomic E-state index is 0.111. The molecule has 0 saturated carbocycles. The van der Waals surface area contributed by atoms with Crippen LogP contribution in [0.25, 0.3) is 0 Å². The zero-order valence-electron chi connectivity index (χ0n) is 16.7. The third-order valence-electron chi connectivity index (χ3n) is 5.12. The van der Waals surface area contributed by atoms with Crippen LogP contribution in [0.2, 0.25) is 0 Å². The Kier molecular flexibility index (Phi) is 6.27. The Morgan fingerprint density at radius 2 is 1.58 bits per heavy atom. The third kappa shape index (κ3) is 4.59. The summed E-state index contributed by atoms with van der Waals surface area (Å²) < 4.78 is 10.6. The maximum Gasteiger partial charge on any atom is 0.408 e. The number of hydrogen-bond acceptors (Lipinski definition) is 6. The van der Waals surface area contributed by atoms with Gasteiger partial charge in [-0.05, 0) is 16.7 Å². The molecule has 2 amide bonds. The quantitative estimate of drug-likeness (QED) is 0.424. The molecule has 7 nitrogen and oxygen atoms in total. The number of carbonyl (C=O) groups excluding carboxylic acids is 3. The lowest BCUT2D eigenvalue weighted by atomic mass is 9.99. The summed E-state index contributed by atoms with van der Waals surface area (Å²) in [7, 11) is 0. The minimum atomic E-state index is -0.846. The van der Waals surface area contributed by atoms with Crippen molar-refractivity contribution >= 4 is 29.7 Å². The molecule has 2 fully saturated rings. The van der Waals surface area contributed by atoms with Crippen LogP contribution in [0.4, 0.5) is 4.79 Å². The fourth-order valence-electron chi connectivity index (χ4n) is 3.52. The first-order valence-corrected chi connectivity index (χ1v) is 10.9. The Morgan fingerprint density at radius 3 is 2.19 bits per heavy atom. The maximum absolute atomic E-state index is 12.7. The highest BCUT2D eigenvalue weighted by Crippen LogP contribution is 2.40. The van der Waals surface area contributed by atoms with E-state index in [2.05, 4.69) is 11.9 Å². The Hall–Kier alpha value is -3.26. The molecule has 8 heteroatoms. The van der Waals surface area contributed by atoms with Gasteiger partial charge in [0.05, 0.1) is 0 Å². The Balaban J connectivity index is 1.33. The molecule has 0 radical (unpaired) electrons. The van der Waals surface area contributed by atoms with Crippen molar-refractivity contribution in [3.63, 3.8) is 0 Å².